The summed E-state index contributed by atoms with van der Waals surface area (Å²) in [6.45, 7) is 4.41. The highest BCUT2D eigenvalue weighted by Crippen LogP contribution is 2.33. The monoisotopic (exact) mass is 271 g/mol. The Morgan fingerprint density at radius 1 is 1.00 bits per heavy atom. The molecule has 1 aliphatic rings. The van der Waals surface area contributed by atoms with E-state index in [1.54, 1.807) is 0 Å². The fraction of sp³-hybridized carbons (Fsp3) is 0.600. The quantitative estimate of drug-likeness (QED) is 0.803. The lowest BCUT2D eigenvalue weighted by molar-refractivity contribution is -0.137. The number of halogens is 3. The van der Waals surface area contributed by atoms with Crippen LogP contribution in [0.15, 0.2) is 24.3 Å². The van der Waals surface area contributed by atoms with Gasteiger partial charge in [-0.15, -0.1) is 0 Å². The Bertz CT molecular complexity index is 400. The summed E-state index contributed by atoms with van der Waals surface area (Å²) in [6, 6.07) is 5.68. The molecule has 0 aliphatic heterocycles. The van der Waals surface area contributed by atoms with Crippen molar-refractivity contribution in [1.29, 1.82) is 0 Å². The van der Waals surface area contributed by atoms with Crippen LogP contribution in [0.5, 0.6) is 0 Å². The summed E-state index contributed by atoms with van der Waals surface area (Å²) in [5, 5.41) is 3.39. The van der Waals surface area contributed by atoms with Gasteiger partial charge in [-0.3, -0.25) is 0 Å². The Labute approximate surface area is 112 Å². The van der Waals surface area contributed by atoms with Gasteiger partial charge in [0.1, 0.15) is 0 Å². The molecule has 1 N–H and O–H groups in total. The molecule has 4 heteroatoms. The van der Waals surface area contributed by atoms with Gasteiger partial charge in [0.2, 0.25) is 0 Å². The van der Waals surface area contributed by atoms with E-state index in [1.807, 2.05) is 0 Å². The van der Waals surface area contributed by atoms with Crippen LogP contribution in [0, 0.1) is 11.8 Å². The fourth-order valence-electron chi connectivity index (χ4n) is 2.91. The Morgan fingerprint density at radius 3 is 2.00 bits per heavy atom. The minimum atomic E-state index is -4.26. The number of alkyl halides is 3. The zero-order chi connectivity index (χ0) is 14.0. The summed E-state index contributed by atoms with van der Waals surface area (Å²) in [5.41, 5.74) is 0.182. The maximum absolute atomic E-state index is 12.5. The molecule has 1 aromatic rings. The van der Waals surface area contributed by atoms with Gasteiger partial charge in [-0.1, -0.05) is 20.3 Å². The lowest BCUT2D eigenvalue weighted by Crippen LogP contribution is -2.37. The minimum Gasteiger partial charge on any atom is -0.382 e. The molecule has 1 aliphatic carbocycles. The van der Waals surface area contributed by atoms with E-state index < -0.39 is 11.7 Å². The highest BCUT2D eigenvalue weighted by atomic mass is 19.4. The Balaban J connectivity index is 2.07. The molecule has 2 atom stereocenters. The molecule has 0 heterocycles. The summed E-state index contributed by atoms with van der Waals surface area (Å²) in [7, 11) is 0. The molecular formula is C15H20F3N. The molecule has 1 fully saturated rings. The van der Waals surface area contributed by atoms with Crippen LogP contribution < -0.4 is 5.32 Å². The van der Waals surface area contributed by atoms with Gasteiger partial charge < -0.3 is 5.32 Å². The third-order valence-electron chi connectivity index (χ3n) is 4.09. The Kier molecular flexibility index (Phi) is 4.07. The first-order valence-electron chi connectivity index (χ1n) is 6.81. The molecule has 106 valence electrons. The van der Waals surface area contributed by atoms with Gasteiger partial charge in [-0.25, -0.2) is 0 Å². The second-order valence-corrected chi connectivity index (χ2v) is 5.63. The summed E-state index contributed by atoms with van der Waals surface area (Å²) < 4.78 is 37.4. The molecule has 1 saturated carbocycles. The SMILES string of the molecule is CC1CCCC(C)C1Nc1ccc(C(F)(F)F)cc1. The minimum absolute atomic E-state index is 0.352. The van der Waals surface area contributed by atoms with Crippen molar-refractivity contribution in [2.75, 3.05) is 5.32 Å². The Hall–Kier alpha value is -1.19. The van der Waals surface area contributed by atoms with E-state index in [9.17, 15) is 13.2 Å². The maximum Gasteiger partial charge on any atom is 0.416 e. The van der Waals surface area contributed by atoms with E-state index in [2.05, 4.69) is 19.2 Å². The van der Waals surface area contributed by atoms with E-state index in [1.165, 1.54) is 31.4 Å². The predicted octanol–water partition coefficient (Wildman–Crippen LogP) is 4.94. The molecular weight excluding hydrogens is 251 g/mol. The first kappa shape index (κ1) is 14.2. The van der Waals surface area contributed by atoms with Crippen LogP contribution in [0.25, 0.3) is 0 Å². The largest absolute Gasteiger partial charge is 0.416 e. The molecule has 2 unspecified atom stereocenters. The number of hydrogen-bond donors (Lipinski definition) is 1. The van der Waals surface area contributed by atoms with Crippen LogP contribution in [0.3, 0.4) is 0 Å². The number of nitrogens with one attached hydrogen (secondary N) is 1. The summed E-state index contributed by atoms with van der Waals surface area (Å²) in [5.74, 6) is 1.12. The van der Waals surface area contributed by atoms with Gasteiger partial charge in [0.15, 0.2) is 0 Å². The molecule has 2 rings (SSSR count). The van der Waals surface area contributed by atoms with E-state index in [0.717, 1.165) is 17.8 Å². The first-order valence-corrected chi connectivity index (χ1v) is 6.81. The normalized spacial score (nSPS) is 28.2. The van der Waals surface area contributed by atoms with Crippen molar-refractivity contribution in [3.8, 4) is 0 Å². The number of hydrogen-bond acceptors (Lipinski definition) is 1. The molecule has 0 saturated heterocycles. The van der Waals surface area contributed by atoms with E-state index >= 15 is 0 Å². The first-order chi connectivity index (χ1) is 8.88. The van der Waals surface area contributed by atoms with Crippen LogP contribution >= 0.6 is 0 Å². The lowest BCUT2D eigenvalue weighted by Gasteiger charge is -2.36. The maximum atomic E-state index is 12.5. The fourth-order valence-corrected chi connectivity index (χ4v) is 2.91. The van der Waals surface area contributed by atoms with Gasteiger partial charge >= 0.3 is 6.18 Å². The highest BCUT2D eigenvalue weighted by Gasteiger charge is 2.31. The average Bonchev–Trinajstić information content (AvgIpc) is 2.33. The van der Waals surface area contributed by atoms with Crippen molar-refractivity contribution in [1.82, 2.24) is 0 Å². The van der Waals surface area contributed by atoms with Crippen molar-refractivity contribution in [2.24, 2.45) is 11.8 Å². The second-order valence-electron chi connectivity index (χ2n) is 5.63. The molecule has 0 aromatic heterocycles. The highest BCUT2D eigenvalue weighted by molar-refractivity contribution is 5.46. The van der Waals surface area contributed by atoms with Gasteiger partial charge in [0.05, 0.1) is 5.56 Å². The van der Waals surface area contributed by atoms with E-state index in [-0.39, 0.29) is 0 Å². The zero-order valence-corrected chi connectivity index (χ0v) is 11.3. The van der Waals surface area contributed by atoms with Crippen LogP contribution in [0.4, 0.5) is 18.9 Å². The predicted molar refractivity (Wildman–Crippen MR) is 71.0 cm³/mol. The lowest BCUT2D eigenvalue weighted by atomic mass is 9.78. The van der Waals surface area contributed by atoms with E-state index in [4.69, 9.17) is 0 Å². The third kappa shape index (κ3) is 3.43. The molecule has 1 aromatic carbocycles. The second kappa shape index (κ2) is 5.43. The Morgan fingerprint density at radius 2 is 1.53 bits per heavy atom. The van der Waals surface area contributed by atoms with Crippen LogP contribution in [-0.2, 0) is 6.18 Å². The third-order valence-corrected chi connectivity index (χ3v) is 4.09. The standard InChI is InChI=1S/C15H20F3N/c1-10-4-3-5-11(2)14(10)19-13-8-6-12(7-9-13)15(16,17)18/h6-11,14,19H,3-5H2,1-2H3. The van der Waals surface area contributed by atoms with Gasteiger partial charge in [-0.05, 0) is 48.9 Å². The van der Waals surface area contributed by atoms with Crippen LogP contribution in [0.2, 0.25) is 0 Å². The van der Waals surface area contributed by atoms with Crippen molar-refractivity contribution < 1.29 is 13.2 Å². The van der Waals surface area contributed by atoms with Crippen molar-refractivity contribution in [2.45, 2.75) is 45.3 Å². The zero-order valence-electron chi connectivity index (χ0n) is 11.3. The van der Waals surface area contributed by atoms with Gasteiger partial charge in [0, 0.05) is 11.7 Å². The van der Waals surface area contributed by atoms with Crippen LogP contribution in [-0.4, -0.2) is 6.04 Å². The average molecular weight is 271 g/mol. The summed E-state index contributed by atoms with van der Waals surface area (Å²) in [6.07, 6.45) is -0.650. The molecule has 0 radical (unpaired) electrons. The van der Waals surface area contributed by atoms with Crippen molar-refractivity contribution in [3.63, 3.8) is 0 Å². The molecule has 0 spiro atoms. The topological polar surface area (TPSA) is 12.0 Å². The molecule has 0 amide bonds. The van der Waals surface area contributed by atoms with Gasteiger partial charge in [0.25, 0.3) is 0 Å². The van der Waals surface area contributed by atoms with E-state index in [0.29, 0.717) is 17.9 Å². The number of benzene rings is 1. The van der Waals surface area contributed by atoms with Crippen molar-refractivity contribution in [3.05, 3.63) is 29.8 Å². The van der Waals surface area contributed by atoms with Crippen molar-refractivity contribution >= 4 is 5.69 Å². The summed E-state index contributed by atoms with van der Waals surface area (Å²) in [4.78, 5) is 0. The van der Waals surface area contributed by atoms with Gasteiger partial charge in [-0.2, -0.15) is 13.2 Å². The van der Waals surface area contributed by atoms with Crippen LogP contribution in [0.1, 0.15) is 38.7 Å². The molecule has 19 heavy (non-hydrogen) atoms. The molecule has 1 nitrogen and oxygen atoms in total. The molecule has 0 bridgehead atoms. The number of rotatable bonds is 2. The smallest absolute Gasteiger partial charge is 0.382 e. The summed E-state index contributed by atoms with van der Waals surface area (Å²) >= 11 is 0. The number of anilines is 1.